The van der Waals surface area contributed by atoms with E-state index in [0.29, 0.717) is 18.7 Å². The third-order valence-corrected chi connectivity index (χ3v) is 1.97. The van der Waals surface area contributed by atoms with Gasteiger partial charge >= 0.3 is 5.97 Å². The molecule has 1 rings (SSSR count). The average Bonchev–Trinajstić information content (AvgIpc) is 2.44. The Morgan fingerprint density at radius 2 is 2.12 bits per heavy atom. The number of esters is 1. The second kappa shape index (κ2) is 4.55. The zero-order valence-electron chi connectivity index (χ0n) is 10.3. The van der Waals surface area contributed by atoms with Crippen LogP contribution in [0.3, 0.4) is 0 Å². The molecule has 0 aromatic carbocycles. The fourth-order valence-electron chi connectivity index (χ4n) is 1.46. The SMILES string of the molecule is CCOC(=O)c1nc(N)[nH]c1CC(C)(C)C. The lowest BCUT2D eigenvalue weighted by molar-refractivity contribution is 0.0518. The Kier molecular flexibility index (Phi) is 3.57. The molecule has 16 heavy (non-hydrogen) atoms. The van der Waals surface area contributed by atoms with Crippen LogP contribution in [-0.2, 0) is 11.2 Å². The molecule has 0 aliphatic heterocycles. The van der Waals surface area contributed by atoms with Gasteiger partial charge in [-0.05, 0) is 18.8 Å². The lowest BCUT2D eigenvalue weighted by Crippen LogP contribution is -2.14. The number of hydrogen-bond donors (Lipinski definition) is 2. The van der Waals surface area contributed by atoms with Crippen LogP contribution in [0, 0.1) is 5.41 Å². The van der Waals surface area contributed by atoms with Gasteiger partial charge in [-0.15, -0.1) is 0 Å². The van der Waals surface area contributed by atoms with Crippen molar-refractivity contribution in [1.82, 2.24) is 9.97 Å². The zero-order chi connectivity index (χ0) is 12.3. The van der Waals surface area contributed by atoms with Crippen molar-refractivity contribution in [3.63, 3.8) is 0 Å². The van der Waals surface area contributed by atoms with Crippen LogP contribution in [0.4, 0.5) is 5.95 Å². The maximum Gasteiger partial charge on any atom is 0.358 e. The van der Waals surface area contributed by atoms with Crippen molar-refractivity contribution < 1.29 is 9.53 Å². The number of nitrogens with one attached hydrogen (secondary N) is 1. The van der Waals surface area contributed by atoms with E-state index in [0.717, 1.165) is 5.69 Å². The highest BCUT2D eigenvalue weighted by molar-refractivity contribution is 5.89. The standard InChI is InChI=1S/C11H19N3O2/c1-5-16-9(15)8-7(6-11(2,3)4)13-10(12)14-8/h5-6H2,1-4H3,(H3,12,13,14). The molecule has 0 saturated heterocycles. The maximum absolute atomic E-state index is 11.6. The van der Waals surface area contributed by atoms with Crippen LogP contribution in [0.15, 0.2) is 0 Å². The Bertz CT molecular complexity index is 377. The molecule has 5 nitrogen and oxygen atoms in total. The van der Waals surface area contributed by atoms with E-state index in [1.807, 2.05) is 0 Å². The molecular weight excluding hydrogens is 206 g/mol. The third kappa shape index (κ3) is 3.25. The van der Waals surface area contributed by atoms with Crippen molar-refractivity contribution in [2.75, 3.05) is 12.3 Å². The van der Waals surface area contributed by atoms with Crippen LogP contribution >= 0.6 is 0 Å². The summed E-state index contributed by atoms with van der Waals surface area (Å²) in [6.07, 6.45) is 0.700. The van der Waals surface area contributed by atoms with E-state index in [4.69, 9.17) is 10.5 Å². The molecule has 0 atom stereocenters. The molecule has 0 unspecified atom stereocenters. The molecule has 1 heterocycles. The number of H-pyrrole nitrogens is 1. The van der Waals surface area contributed by atoms with Gasteiger partial charge in [0.1, 0.15) is 0 Å². The van der Waals surface area contributed by atoms with Gasteiger partial charge in [0.25, 0.3) is 0 Å². The molecule has 0 fully saturated rings. The van der Waals surface area contributed by atoms with Gasteiger partial charge in [-0.2, -0.15) is 0 Å². The second-order valence-corrected chi connectivity index (χ2v) is 4.91. The van der Waals surface area contributed by atoms with Crippen LogP contribution in [-0.4, -0.2) is 22.5 Å². The molecule has 5 heteroatoms. The van der Waals surface area contributed by atoms with Gasteiger partial charge in [0.05, 0.1) is 12.3 Å². The molecule has 0 aliphatic rings. The smallest absolute Gasteiger partial charge is 0.358 e. The van der Waals surface area contributed by atoms with E-state index in [9.17, 15) is 4.79 Å². The zero-order valence-corrected chi connectivity index (χ0v) is 10.3. The molecule has 0 aliphatic carbocycles. The number of imidazole rings is 1. The number of carbonyl (C=O) groups is 1. The highest BCUT2D eigenvalue weighted by atomic mass is 16.5. The summed E-state index contributed by atoms with van der Waals surface area (Å²) in [6.45, 7) is 8.34. The highest BCUT2D eigenvalue weighted by Crippen LogP contribution is 2.22. The molecule has 1 aromatic heterocycles. The fraction of sp³-hybridized carbons (Fsp3) is 0.636. The topological polar surface area (TPSA) is 81.0 Å². The molecule has 1 aromatic rings. The number of rotatable bonds is 3. The van der Waals surface area contributed by atoms with Gasteiger partial charge in [-0.1, -0.05) is 20.8 Å². The van der Waals surface area contributed by atoms with E-state index in [2.05, 4.69) is 30.7 Å². The van der Waals surface area contributed by atoms with Crippen molar-refractivity contribution in [1.29, 1.82) is 0 Å². The van der Waals surface area contributed by atoms with Gasteiger partial charge in [-0.25, -0.2) is 9.78 Å². The van der Waals surface area contributed by atoms with Crippen molar-refractivity contribution in [2.24, 2.45) is 5.41 Å². The second-order valence-electron chi connectivity index (χ2n) is 4.91. The largest absolute Gasteiger partial charge is 0.461 e. The first-order chi connectivity index (χ1) is 7.33. The van der Waals surface area contributed by atoms with E-state index < -0.39 is 5.97 Å². The first-order valence-corrected chi connectivity index (χ1v) is 5.35. The number of aromatic nitrogens is 2. The quantitative estimate of drug-likeness (QED) is 0.768. The van der Waals surface area contributed by atoms with Crippen LogP contribution < -0.4 is 5.73 Å². The lowest BCUT2D eigenvalue weighted by atomic mass is 9.90. The number of hydrogen-bond acceptors (Lipinski definition) is 4. The van der Waals surface area contributed by atoms with Crippen molar-refractivity contribution in [3.05, 3.63) is 11.4 Å². The normalized spacial score (nSPS) is 11.5. The summed E-state index contributed by atoms with van der Waals surface area (Å²) in [5, 5.41) is 0. The van der Waals surface area contributed by atoms with Crippen LogP contribution in [0.1, 0.15) is 43.9 Å². The molecule has 0 radical (unpaired) electrons. The van der Waals surface area contributed by atoms with Crippen LogP contribution in [0.5, 0.6) is 0 Å². The van der Waals surface area contributed by atoms with Gasteiger partial charge in [0.15, 0.2) is 11.6 Å². The number of nitrogens with zero attached hydrogens (tertiary/aromatic N) is 1. The Morgan fingerprint density at radius 1 is 1.50 bits per heavy atom. The van der Waals surface area contributed by atoms with Gasteiger partial charge in [0.2, 0.25) is 0 Å². The van der Waals surface area contributed by atoms with Gasteiger partial charge in [-0.3, -0.25) is 0 Å². The highest BCUT2D eigenvalue weighted by Gasteiger charge is 2.22. The van der Waals surface area contributed by atoms with Crippen molar-refractivity contribution in [2.45, 2.75) is 34.1 Å². The number of ether oxygens (including phenoxy) is 1. The molecule has 0 spiro atoms. The Balaban J connectivity index is 2.96. The summed E-state index contributed by atoms with van der Waals surface area (Å²) < 4.78 is 4.92. The van der Waals surface area contributed by atoms with Crippen molar-refractivity contribution in [3.8, 4) is 0 Å². The van der Waals surface area contributed by atoms with Crippen LogP contribution in [0.2, 0.25) is 0 Å². The first kappa shape index (κ1) is 12.5. The number of nitrogens with two attached hydrogens (primary N) is 1. The summed E-state index contributed by atoms with van der Waals surface area (Å²) in [5.41, 5.74) is 6.65. The summed E-state index contributed by atoms with van der Waals surface area (Å²) in [7, 11) is 0. The van der Waals surface area contributed by atoms with Crippen LogP contribution in [0.25, 0.3) is 0 Å². The van der Waals surface area contributed by atoms with E-state index in [1.54, 1.807) is 6.92 Å². The summed E-state index contributed by atoms with van der Waals surface area (Å²) in [5.74, 6) is -0.169. The summed E-state index contributed by atoms with van der Waals surface area (Å²) in [6, 6.07) is 0. The molecule has 3 N–H and O–H groups in total. The Morgan fingerprint density at radius 3 is 2.62 bits per heavy atom. The number of aromatic amines is 1. The molecule has 0 amide bonds. The lowest BCUT2D eigenvalue weighted by Gasteiger charge is -2.17. The minimum Gasteiger partial charge on any atom is -0.461 e. The monoisotopic (exact) mass is 225 g/mol. The summed E-state index contributed by atoms with van der Waals surface area (Å²) in [4.78, 5) is 18.5. The minimum atomic E-state index is -0.422. The maximum atomic E-state index is 11.6. The Labute approximate surface area is 95.4 Å². The Hall–Kier alpha value is -1.52. The molecule has 90 valence electrons. The van der Waals surface area contributed by atoms with Gasteiger partial charge < -0.3 is 15.5 Å². The first-order valence-electron chi connectivity index (χ1n) is 5.35. The predicted octanol–water partition coefficient (Wildman–Crippen LogP) is 1.76. The predicted molar refractivity (Wildman–Crippen MR) is 62.1 cm³/mol. The molecule has 0 bridgehead atoms. The molecule has 0 saturated carbocycles. The minimum absolute atomic E-state index is 0.0558. The number of nitrogen functional groups attached to an aromatic ring is 1. The number of anilines is 1. The molecular formula is C11H19N3O2. The van der Waals surface area contributed by atoms with Gasteiger partial charge in [0, 0.05) is 0 Å². The van der Waals surface area contributed by atoms with E-state index in [-0.39, 0.29) is 11.4 Å². The van der Waals surface area contributed by atoms with E-state index >= 15 is 0 Å². The fourth-order valence-corrected chi connectivity index (χ4v) is 1.46. The van der Waals surface area contributed by atoms with E-state index in [1.165, 1.54) is 0 Å². The number of carbonyl (C=O) groups excluding carboxylic acids is 1. The third-order valence-electron chi connectivity index (χ3n) is 1.97. The average molecular weight is 225 g/mol. The van der Waals surface area contributed by atoms with Crippen molar-refractivity contribution >= 4 is 11.9 Å². The summed E-state index contributed by atoms with van der Waals surface area (Å²) >= 11 is 0.